The van der Waals surface area contributed by atoms with Gasteiger partial charge in [0.25, 0.3) is 0 Å². The van der Waals surface area contributed by atoms with Crippen LogP contribution in [0.2, 0.25) is 0 Å². The van der Waals surface area contributed by atoms with Crippen LogP contribution in [-0.2, 0) is 6.42 Å². The van der Waals surface area contributed by atoms with E-state index in [9.17, 15) is 9.59 Å². The Hall–Kier alpha value is -2.62. The van der Waals surface area contributed by atoms with Crippen LogP contribution in [0.1, 0.15) is 43.0 Å². The molecule has 21 heavy (non-hydrogen) atoms. The number of carboxylic acid groups (broad SMARTS) is 2. The highest BCUT2D eigenvalue weighted by Crippen LogP contribution is 2.19. The minimum Gasteiger partial charge on any atom is -0.478 e. The number of benzene rings is 2. The fourth-order valence-corrected chi connectivity index (χ4v) is 2.49. The van der Waals surface area contributed by atoms with Crippen LogP contribution >= 0.6 is 0 Å². The molecular formula is C17H16O4. The molecule has 0 fully saturated rings. The van der Waals surface area contributed by atoms with Gasteiger partial charge in [0.2, 0.25) is 0 Å². The molecule has 0 unspecified atom stereocenters. The summed E-state index contributed by atoms with van der Waals surface area (Å²) in [6.07, 6.45) is 0.640. The number of hydrogen-bond acceptors (Lipinski definition) is 2. The highest BCUT2D eigenvalue weighted by atomic mass is 16.4. The van der Waals surface area contributed by atoms with Gasteiger partial charge in [-0.15, -0.1) is 0 Å². The quantitative estimate of drug-likeness (QED) is 0.903. The molecule has 0 aromatic heterocycles. The molecular weight excluding hydrogens is 268 g/mol. The minimum atomic E-state index is -0.945. The van der Waals surface area contributed by atoms with Gasteiger partial charge in [-0.05, 0) is 54.7 Å². The third-order valence-electron chi connectivity index (χ3n) is 3.42. The minimum absolute atomic E-state index is 0.257. The summed E-state index contributed by atoms with van der Waals surface area (Å²) in [7, 11) is 0. The molecule has 0 aliphatic carbocycles. The Morgan fingerprint density at radius 1 is 0.857 bits per heavy atom. The van der Waals surface area contributed by atoms with Crippen molar-refractivity contribution in [1.29, 1.82) is 0 Å². The lowest BCUT2D eigenvalue weighted by molar-refractivity contribution is 0.0685. The third-order valence-corrected chi connectivity index (χ3v) is 3.42. The number of hydrogen-bond donors (Lipinski definition) is 2. The van der Waals surface area contributed by atoms with Gasteiger partial charge in [0, 0.05) is 0 Å². The maximum atomic E-state index is 11.2. The molecule has 2 N–H and O–H groups in total. The zero-order valence-electron chi connectivity index (χ0n) is 11.9. The van der Waals surface area contributed by atoms with Gasteiger partial charge >= 0.3 is 11.9 Å². The molecule has 0 bridgehead atoms. The maximum absolute atomic E-state index is 11.2. The summed E-state index contributed by atoms with van der Waals surface area (Å²) in [5.41, 5.74) is 4.08. The van der Waals surface area contributed by atoms with Crippen LogP contribution in [0.5, 0.6) is 0 Å². The molecule has 2 aromatic carbocycles. The zero-order chi connectivity index (χ0) is 15.6. The molecule has 0 saturated carbocycles. The summed E-state index contributed by atoms with van der Waals surface area (Å²) in [5, 5.41) is 18.0. The van der Waals surface area contributed by atoms with Gasteiger partial charge in [-0.1, -0.05) is 24.3 Å². The van der Waals surface area contributed by atoms with Crippen LogP contribution in [0.4, 0.5) is 0 Å². The first kappa shape index (κ1) is 14.8. The van der Waals surface area contributed by atoms with Crippen LogP contribution in [0.25, 0.3) is 0 Å². The molecule has 0 atom stereocenters. The summed E-state index contributed by atoms with van der Waals surface area (Å²) in [5.74, 6) is -1.86. The molecule has 0 heterocycles. The molecule has 0 radical (unpaired) electrons. The monoisotopic (exact) mass is 284 g/mol. The Balaban J connectivity index is 2.28. The van der Waals surface area contributed by atoms with Gasteiger partial charge in [0.15, 0.2) is 0 Å². The van der Waals surface area contributed by atoms with Crippen molar-refractivity contribution in [2.24, 2.45) is 0 Å². The third kappa shape index (κ3) is 3.28. The van der Waals surface area contributed by atoms with E-state index in [-0.39, 0.29) is 5.56 Å². The number of rotatable bonds is 4. The van der Waals surface area contributed by atoms with Crippen molar-refractivity contribution >= 4 is 11.9 Å². The first-order valence-electron chi connectivity index (χ1n) is 6.54. The van der Waals surface area contributed by atoms with Gasteiger partial charge in [-0.25, -0.2) is 9.59 Å². The van der Waals surface area contributed by atoms with E-state index >= 15 is 0 Å². The Labute approximate surface area is 122 Å². The Kier molecular flexibility index (Phi) is 4.08. The van der Waals surface area contributed by atoms with Crippen LogP contribution in [-0.4, -0.2) is 22.2 Å². The lowest BCUT2D eigenvalue weighted by Crippen LogP contribution is -2.04. The van der Waals surface area contributed by atoms with E-state index in [1.807, 2.05) is 12.1 Å². The van der Waals surface area contributed by atoms with Gasteiger partial charge in [0.05, 0.1) is 11.1 Å². The van der Waals surface area contributed by atoms with Crippen molar-refractivity contribution in [3.63, 3.8) is 0 Å². The van der Waals surface area contributed by atoms with Gasteiger partial charge < -0.3 is 10.2 Å². The number of carbonyl (C=O) groups is 2. The maximum Gasteiger partial charge on any atom is 0.336 e. The highest BCUT2D eigenvalue weighted by molar-refractivity contribution is 5.91. The molecule has 2 aromatic rings. The molecule has 0 saturated heterocycles. The second-order valence-electron chi connectivity index (χ2n) is 5.09. The standard InChI is InChI=1S/C17H16O4/c1-10-7-13(8-11(2)15(10)17(20)21)9-12-3-5-14(6-4-12)16(18)19/h3-8H,9H2,1-2H3,(H,18,19)(H,20,21). The van der Waals surface area contributed by atoms with Crippen LogP contribution in [0, 0.1) is 13.8 Å². The summed E-state index contributed by atoms with van der Waals surface area (Å²) >= 11 is 0. The predicted octanol–water partition coefficient (Wildman–Crippen LogP) is 3.29. The first-order valence-corrected chi connectivity index (χ1v) is 6.54. The fraction of sp³-hybridized carbons (Fsp3) is 0.176. The Bertz CT molecular complexity index is 676. The van der Waals surface area contributed by atoms with E-state index in [2.05, 4.69) is 0 Å². The van der Waals surface area contributed by atoms with Crippen molar-refractivity contribution in [3.8, 4) is 0 Å². The van der Waals surface area contributed by atoms with E-state index in [0.717, 1.165) is 22.3 Å². The topological polar surface area (TPSA) is 74.6 Å². The lowest BCUT2D eigenvalue weighted by atomic mass is 9.95. The molecule has 108 valence electrons. The summed E-state index contributed by atoms with van der Waals surface area (Å²) in [6.45, 7) is 3.57. The van der Waals surface area contributed by atoms with E-state index in [1.54, 1.807) is 38.1 Å². The van der Waals surface area contributed by atoms with Crippen molar-refractivity contribution in [2.75, 3.05) is 0 Å². The summed E-state index contributed by atoms with van der Waals surface area (Å²) in [6, 6.07) is 10.4. The van der Waals surface area contributed by atoms with Crippen molar-refractivity contribution in [1.82, 2.24) is 0 Å². The molecule has 4 heteroatoms. The summed E-state index contributed by atoms with van der Waals surface area (Å²) in [4.78, 5) is 22.0. The average Bonchev–Trinajstić information content (AvgIpc) is 2.37. The molecule has 0 amide bonds. The largest absolute Gasteiger partial charge is 0.478 e. The SMILES string of the molecule is Cc1cc(Cc2ccc(C(=O)O)cc2)cc(C)c1C(=O)O. The van der Waals surface area contributed by atoms with E-state index in [0.29, 0.717) is 12.0 Å². The molecule has 4 nitrogen and oxygen atoms in total. The van der Waals surface area contributed by atoms with Gasteiger partial charge in [-0.2, -0.15) is 0 Å². The molecule has 2 rings (SSSR count). The van der Waals surface area contributed by atoms with Crippen LogP contribution in [0.3, 0.4) is 0 Å². The number of aryl methyl sites for hydroxylation is 2. The van der Waals surface area contributed by atoms with E-state index in [1.165, 1.54) is 0 Å². The lowest BCUT2D eigenvalue weighted by Gasteiger charge is -2.09. The van der Waals surface area contributed by atoms with Crippen LogP contribution < -0.4 is 0 Å². The zero-order valence-corrected chi connectivity index (χ0v) is 11.9. The second kappa shape index (κ2) is 5.79. The molecule has 0 spiro atoms. The Morgan fingerprint density at radius 3 is 1.81 bits per heavy atom. The summed E-state index contributed by atoms with van der Waals surface area (Å²) < 4.78 is 0. The van der Waals surface area contributed by atoms with Gasteiger partial charge in [-0.3, -0.25) is 0 Å². The van der Waals surface area contributed by atoms with Crippen molar-refractivity contribution < 1.29 is 19.8 Å². The average molecular weight is 284 g/mol. The van der Waals surface area contributed by atoms with E-state index in [4.69, 9.17) is 10.2 Å². The van der Waals surface area contributed by atoms with E-state index < -0.39 is 11.9 Å². The normalized spacial score (nSPS) is 10.4. The first-order chi connectivity index (χ1) is 9.88. The Morgan fingerprint density at radius 2 is 1.38 bits per heavy atom. The fourth-order valence-electron chi connectivity index (χ4n) is 2.49. The molecule has 0 aliphatic heterocycles. The highest BCUT2D eigenvalue weighted by Gasteiger charge is 2.12. The smallest absolute Gasteiger partial charge is 0.336 e. The number of aromatic carboxylic acids is 2. The van der Waals surface area contributed by atoms with Crippen LogP contribution in [0.15, 0.2) is 36.4 Å². The predicted molar refractivity (Wildman–Crippen MR) is 79.1 cm³/mol. The van der Waals surface area contributed by atoms with Crippen molar-refractivity contribution in [2.45, 2.75) is 20.3 Å². The number of carboxylic acids is 2. The van der Waals surface area contributed by atoms with Gasteiger partial charge in [0.1, 0.15) is 0 Å². The van der Waals surface area contributed by atoms with Crippen molar-refractivity contribution in [3.05, 3.63) is 69.8 Å². The molecule has 0 aliphatic rings. The second-order valence-corrected chi connectivity index (χ2v) is 5.09.